The highest BCUT2D eigenvalue weighted by Crippen LogP contribution is 2.33. The molecule has 0 saturated carbocycles. The van der Waals surface area contributed by atoms with E-state index in [1.165, 1.54) is 31.4 Å². The second-order valence-electron chi connectivity index (χ2n) is 6.51. The Hall–Kier alpha value is -2.41. The number of nitrogens with zero attached hydrogens (tertiary/aromatic N) is 1. The number of sulfonamides is 1. The molecule has 1 saturated heterocycles. The Balaban J connectivity index is 1.50. The van der Waals surface area contributed by atoms with Crippen LogP contribution < -0.4 is 19.1 Å². The number of ether oxygens (including phenoxy) is 2. The maximum absolute atomic E-state index is 12.7. The van der Waals surface area contributed by atoms with Gasteiger partial charge in [-0.05, 0) is 55.7 Å². The van der Waals surface area contributed by atoms with Crippen molar-refractivity contribution in [2.45, 2.75) is 24.2 Å². The van der Waals surface area contributed by atoms with Crippen molar-refractivity contribution in [3.63, 3.8) is 0 Å². The molecule has 138 valence electrons. The van der Waals surface area contributed by atoms with E-state index in [9.17, 15) is 8.42 Å². The largest absolute Gasteiger partial charge is 0.486 e. The maximum Gasteiger partial charge on any atom is 0.262 e. The molecule has 2 aliphatic rings. The van der Waals surface area contributed by atoms with Gasteiger partial charge in [0.05, 0.1) is 4.90 Å². The second-order valence-corrected chi connectivity index (χ2v) is 8.19. The molecule has 2 aliphatic heterocycles. The molecule has 7 heteroatoms. The first-order valence-corrected chi connectivity index (χ1v) is 10.4. The fraction of sp³-hybridized carbons (Fsp3) is 0.368. The van der Waals surface area contributed by atoms with Crippen molar-refractivity contribution in [3.05, 3.63) is 42.5 Å². The summed E-state index contributed by atoms with van der Waals surface area (Å²) in [6.45, 7) is 3.01. The minimum atomic E-state index is -3.68. The number of piperidine rings is 1. The highest BCUT2D eigenvalue weighted by Gasteiger charge is 2.19. The molecule has 0 unspecified atom stereocenters. The van der Waals surface area contributed by atoms with Crippen molar-refractivity contribution in [1.82, 2.24) is 0 Å². The summed E-state index contributed by atoms with van der Waals surface area (Å²) in [5.74, 6) is 1.03. The Morgan fingerprint density at radius 3 is 2.27 bits per heavy atom. The van der Waals surface area contributed by atoms with E-state index >= 15 is 0 Å². The molecule has 0 aliphatic carbocycles. The summed E-state index contributed by atoms with van der Waals surface area (Å²) in [7, 11) is -3.68. The molecule has 2 aromatic carbocycles. The summed E-state index contributed by atoms with van der Waals surface area (Å²) < 4.78 is 38.8. The Bertz CT molecular complexity index is 875. The Morgan fingerprint density at radius 2 is 1.54 bits per heavy atom. The van der Waals surface area contributed by atoms with Gasteiger partial charge in [-0.25, -0.2) is 8.42 Å². The quantitative estimate of drug-likeness (QED) is 0.890. The van der Waals surface area contributed by atoms with Crippen LogP contribution >= 0.6 is 0 Å². The van der Waals surface area contributed by atoms with Crippen LogP contribution in [0.5, 0.6) is 11.5 Å². The van der Waals surface area contributed by atoms with Gasteiger partial charge in [0.1, 0.15) is 13.2 Å². The molecule has 2 heterocycles. The van der Waals surface area contributed by atoms with Crippen LogP contribution in [-0.4, -0.2) is 34.7 Å². The van der Waals surface area contributed by atoms with Crippen LogP contribution in [0.4, 0.5) is 11.4 Å². The molecule has 0 atom stereocenters. The molecule has 0 bridgehead atoms. The highest BCUT2D eigenvalue weighted by atomic mass is 32.2. The van der Waals surface area contributed by atoms with E-state index < -0.39 is 10.0 Å². The van der Waals surface area contributed by atoms with Gasteiger partial charge in [-0.2, -0.15) is 0 Å². The van der Waals surface area contributed by atoms with Gasteiger partial charge < -0.3 is 14.4 Å². The first-order valence-electron chi connectivity index (χ1n) is 8.89. The molecular weight excluding hydrogens is 352 g/mol. The third kappa shape index (κ3) is 3.58. The SMILES string of the molecule is O=S(=O)(Nc1ccc(N2CCCCC2)cc1)c1ccc2c(c1)OCCO2. The lowest BCUT2D eigenvalue weighted by Crippen LogP contribution is -2.29. The Labute approximate surface area is 153 Å². The van der Waals surface area contributed by atoms with Crippen LogP contribution in [-0.2, 0) is 10.0 Å². The molecular formula is C19H22N2O4S. The monoisotopic (exact) mass is 374 g/mol. The predicted molar refractivity (Wildman–Crippen MR) is 101 cm³/mol. The van der Waals surface area contributed by atoms with Gasteiger partial charge in [0.2, 0.25) is 0 Å². The predicted octanol–water partition coefficient (Wildman–Crippen LogP) is 3.25. The maximum atomic E-state index is 12.7. The summed E-state index contributed by atoms with van der Waals surface area (Å²) in [6.07, 6.45) is 3.70. The third-order valence-corrected chi connectivity index (χ3v) is 6.04. The number of anilines is 2. The number of nitrogens with one attached hydrogen (secondary N) is 1. The smallest absolute Gasteiger partial charge is 0.262 e. The molecule has 0 radical (unpaired) electrons. The van der Waals surface area contributed by atoms with Gasteiger partial charge in [0.15, 0.2) is 11.5 Å². The zero-order valence-electron chi connectivity index (χ0n) is 14.5. The fourth-order valence-corrected chi connectivity index (χ4v) is 4.37. The minimum Gasteiger partial charge on any atom is -0.486 e. The van der Waals surface area contributed by atoms with Crippen LogP contribution in [0.3, 0.4) is 0 Å². The zero-order valence-corrected chi connectivity index (χ0v) is 15.3. The molecule has 0 spiro atoms. The van der Waals surface area contributed by atoms with E-state index in [1.54, 1.807) is 18.2 Å². The summed E-state index contributed by atoms with van der Waals surface area (Å²) >= 11 is 0. The van der Waals surface area contributed by atoms with E-state index in [-0.39, 0.29) is 4.90 Å². The van der Waals surface area contributed by atoms with Gasteiger partial charge in [0.25, 0.3) is 10.0 Å². The lowest BCUT2D eigenvalue weighted by molar-refractivity contribution is 0.171. The molecule has 26 heavy (non-hydrogen) atoms. The third-order valence-electron chi connectivity index (χ3n) is 4.66. The minimum absolute atomic E-state index is 0.154. The number of hydrogen-bond acceptors (Lipinski definition) is 5. The van der Waals surface area contributed by atoms with Crippen LogP contribution in [0.2, 0.25) is 0 Å². The standard InChI is InChI=1S/C19H22N2O4S/c22-26(23,17-8-9-18-19(14-17)25-13-12-24-18)20-15-4-6-16(7-5-15)21-10-2-1-3-11-21/h4-9,14,20H,1-3,10-13H2. The lowest BCUT2D eigenvalue weighted by Gasteiger charge is -2.28. The van der Waals surface area contributed by atoms with Crippen LogP contribution in [0.25, 0.3) is 0 Å². The molecule has 4 rings (SSSR count). The topological polar surface area (TPSA) is 67.9 Å². The van der Waals surface area contributed by atoms with E-state index in [2.05, 4.69) is 9.62 Å². The summed E-state index contributed by atoms with van der Waals surface area (Å²) in [5, 5.41) is 0. The van der Waals surface area contributed by atoms with E-state index in [0.29, 0.717) is 30.4 Å². The fourth-order valence-electron chi connectivity index (χ4n) is 3.30. The molecule has 1 N–H and O–H groups in total. The van der Waals surface area contributed by atoms with Crippen LogP contribution in [0.15, 0.2) is 47.4 Å². The van der Waals surface area contributed by atoms with E-state index in [4.69, 9.17) is 9.47 Å². The molecule has 1 fully saturated rings. The number of hydrogen-bond donors (Lipinski definition) is 1. The van der Waals surface area contributed by atoms with Crippen molar-refractivity contribution in [1.29, 1.82) is 0 Å². The first kappa shape index (κ1) is 17.0. The van der Waals surface area contributed by atoms with Crippen molar-refractivity contribution in [3.8, 4) is 11.5 Å². The van der Waals surface area contributed by atoms with Crippen molar-refractivity contribution < 1.29 is 17.9 Å². The van der Waals surface area contributed by atoms with Crippen molar-refractivity contribution in [2.75, 3.05) is 35.9 Å². The van der Waals surface area contributed by atoms with Gasteiger partial charge in [-0.1, -0.05) is 0 Å². The highest BCUT2D eigenvalue weighted by molar-refractivity contribution is 7.92. The molecule has 2 aromatic rings. The van der Waals surface area contributed by atoms with E-state index in [0.717, 1.165) is 18.8 Å². The summed E-state index contributed by atoms with van der Waals surface area (Å²) in [5.41, 5.74) is 1.67. The normalized spacial score (nSPS) is 17.0. The lowest BCUT2D eigenvalue weighted by atomic mass is 10.1. The average molecular weight is 374 g/mol. The average Bonchev–Trinajstić information content (AvgIpc) is 2.68. The summed E-state index contributed by atoms with van der Waals surface area (Å²) in [4.78, 5) is 2.49. The molecule has 0 aromatic heterocycles. The Kier molecular flexibility index (Phi) is 4.63. The molecule has 0 amide bonds. The number of rotatable bonds is 4. The second kappa shape index (κ2) is 7.07. The van der Waals surface area contributed by atoms with Gasteiger partial charge in [-0.3, -0.25) is 4.72 Å². The van der Waals surface area contributed by atoms with E-state index in [1.807, 2.05) is 12.1 Å². The van der Waals surface area contributed by atoms with Gasteiger partial charge in [0, 0.05) is 30.5 Å². The Morgan fingerprint density at radius 1 is 0.846 bits per heavy atom. The number of fused-ring (bicyclic) bond motifs is 1. The zero-order chi connectivity index (χ0) is 18.0. The van der Waals surface area contributed by atoms with Crippen LogP contribution in [0, 0.1) is 0 Å². The number of benzene rings is 2. The first-order chi connectivity index (χ1) is 12.6. The van der Waals surface area contributed by atoms with Crippen molar-refractivity contribution in [2.24, 2.45) is 0 Å². The van der Waals surface area contributed by atoms with Crippen molar-refractivity contribution >= 4 is 21.4 Å². The summed E-state index contributed by atoms with van der Waals surface area (Å²) in [6, 6.07) is 12.2. The van der Waals surface area contributed by atoms with Crippen LogP contribution in [0.1, 0.15) is 19.3 Å². The van der Waals surface area contributed by atoms with Gasteiger partial charge >= 0.3 is 0 Å². The van der Waals surface area contributed by atoms with Gasteiger partial charge in [-0.15, -0.1) is 0 Å². The molecule has 6 nitrogen and oxygen atoms in total.